The summed E-state index contributed by atoms with van der Waals surface area (Å²) in [5.41, 5.74) is 5.21. The average molecular weight is 514 g/mol. The molecule has 7 nitrogen and oxygen atoms in total. The average Bonchev–Trinajstić information content (AvgIpc) is 3.21. The summed E-state index contributed by atoms with van der Waals surface area (Å²) in [6, 6.07) is 22.3. The standard InChI is InChI=1S/C31H35N3O4/c1-31(2,3)38-29(33-22-35)16-10-18-34(19-23-11-8-9-17-32-23)20-30(36)37-21-28-26-14-6-4-12-24(26)25-13-5-7-15-27(25)28/h4-9,11-15,17,28-29H,10,16,18-21H2,1-3H3. The van der Waals surface area contributed by atoms with Gasteiger partial charge in [-0.05, 0) is 74.5 Å². The Morgan fingerprint density at radius 3 is 2.29 bits per heavy atom. The van der Waals surface area contributed by atoms with Gasteiger partial charge in [-0.25, -0.2) is 4.79 Å². The van der Waals surface area contributed by atoms with Gasteiger partial charge in [-0.1, -0.05) is 54.6 Å². The van der Waals surface area contributed by atoms with E-state index in [1.165, 1.54) is 22.3 Å². The Kier molecular flexibility index (Phi) is 9.19. The molecule has 3 aromatic rings. The van der Waals surface area contributed by atoms with Crippen molar-refractivity contribution in [1.29, 1.82) is 0 Å². The number of pyridine rings is 1. The number of hydrogen-bond acceptors (Lipinski definition) is 7. The molecule has 198 valence electrons. The van der Waals surface area contributed by atoms with Gasteiger partial charge in [0.1, 0.15) is 6.61 Å². The third-order valence-corrected chi connectivity index (χ3v) is 6.45. The number of isocyanates is 1. The number of rotatable bonds is 12. The Hall–Kier alpha value is -3.64. The molecule has 1 atom stereocenters. The van der Waals surface area contributed by atoms with Gasteiger partial charge in [0.25, 0.3) is 0 Å². The number of benzene rings is 2. The van der Waals surface area contributed by atoms with Gasteiger partial charge in [0, 0.05) is 18.7 Å². The largest absolute Gasteiger partial charge is 0.464 e. The van der Waals surface area contributed by atoms with Crippen LogP contribution in [0, 0.1) is 0 Å². The van der Waals surface area contributed by atoms with Crippen LogP contribution in [-0.4, -0.2) is 53.5 Å². The van der Waals surface area contributed by atoms with E-state index in [2.05, 4.69) is 34.2 Å². The van der Waals surface area contributed by atoms with Crippen LogP contribution in [-0.2, 0) is 25.6 Å². The van der Waals surface area contributed by atoms with E-state index >= 15 is 0 Å². The van der Waals surface area contributed by atoms with Crippen LogP contribution < -0.4 is 0 Å². The Morgan fingerprint density at radius 1 is 1.03 bits per heavy atom. The molecule has 1 aromatic heterocycles. The number of hydrogen-bond donors (Lipinski definition) is 0. The van der Waals surface area contributed by atoms with Crippen molar-refractivity contribution in [3.8, 4) is 11.1 Å². The molecule has 0 fully saturated rings. The van der Waals surface area contributed by atoms with Crippen LogP contribution in [0.1, 0.15) is 56.4 Å². The van der Waals surface area contributed by atoms with Crippen LogP contribution in [0.15, 0.2) is 77.9 Å². The van der Waals surface area contributed by atoms with Gasteiger partial charge < -0.3 is 9.47 Å². The number of aliphatic imine (C=N–C) groups is 1. The first-order valence-corrected chi connectivity index (χ1v) is 13.0. The maximum atomic E-state index is 13.0. The second kappa shape index (κ2) is 12.7. The number of ether oxygens (including phenoxy) is 2. The van der Waals surface area contributed by atoms with Crippen LogP contribution in [0.25, 0.3) is 11.1 Å². The fourth-order valence-electron chi connectivity index (χ4n) is 4.88. The van der Waals surface area contributed by atoms with Gasteiger partial charge in [0.15, 0.2) is 6.23 Å². The molecule has 0 amide bonds. The van der Waals surface area contributed by atoms with E-state index in [1.54, 1.807) is 12.3 Å². The van der Waals surface area contributed by atoms with Crippen LogP contribution in [0.5, 0.6) is 0 Å². The Bertz CT molecular complexity index is 1220. The van der Waals surface area contributed by atoms with E-state index in [4.69, 9.17) is 9.47 Å². The van der Waals surface area contributed by atoms with Gasteiger partial charge >= 0.3 is 5.97 Å². The number of aromatic nitrogens is 1. The first-order chi connectivity index (χ1) is 18.3. The molecule has 1 heterocycles. The highest BCUT2D eigenvalue weighted by atomic mass is 16.5. The zero-order valence-corrected chi connectivity index (χ0v) is 22.3. The summed E-state index contributed by atoms with van der Waals surface area (Å²) >= 11 is 0. The highest BCUT2D eigenvalue weighted by Gasteiger charge is 2.29. The van der Waals surface area contributed by atoms with Crippen LogP contribution in [0.2, 0.25) is 0 Å². The molecular weight excluding hydrogens is 478 g/mol. The predicted molar refractivity (Wildman–Crippen MR) is 146 cm³/mol. The van der Waals surface area contributed by atoms with E-state index in [1.807, 2.05) is 68.1 Å². The van der Waals surface area contributed by atoms with Gasteiger partial charge in [-0.2, -0.15) is 4.99 Å². The van der Waals surface area contributed by atoms with Crippen LogP contribution in [0.4, 0.5) is 0 Å². The number of fused-ring (bicyclic) bond motifs is 3. The SMILES string of the molecule is CC(C)(C)OC(CCCN(CC(=O)OCC1c2ccccc2-c2ccccc21)Cc1ccccn1)N=C=O. The smallest absolute Gasteiger partial charge is 0.320 e. The first-order valence-electron chi connectivity index (χ1n) is 13.0. The first kappa shape index (κ1) is 27.4. The summed E-state index contributed by atoms with van der Waals surface area (Å²) in [5.74, 6) is -0.261. The van der Waals surface area contributed by atoms with Crippen molar-refractivity contribution in [2.75, 3.05) is 19.7 Å². The molecule has 0 saturated heterocycles. The molecule has 0 saturated carbocycles. The Morgan fingerprint density at radius 2 is 1.68 bits per heavy atom. The maximum absolute atomic E-state index is 13.0. The lowest BCUT2D eigenvalue weighted by Gasteiger charge is -2.25. The van der Waals surface area contributed by atoms with Crippen LogP contribution in [0.3, 0.4) is 0 Å². The van der Waals surface area contributed by atoms with Crippen molar-refractivity contribution < 1.29 is 19.1 Å². The molecule has 1 unspecified atom stereocenters. The van der Waals surface area contributed by atoms with Crippen molar-refractivity contribution in [2.45, 2.75) is 57.9 Å². The highest BCUT2D eigenvalue weighted by Crippen LogP contribution is 2.44. The molecule has 0 aliphatic heterocycles. The molecule has 4 rings (SSSR count). The Balaban J connectivity index is 1.38. The number of esters is 1. The summed E-state index contributed by atoms with van der Waals surface area (Å²) in [4.78, 5) is 34.1. The summed E-state index contributed by atoms with van der Waals surface area (Å²) < 4.78 is 11.7. The van der Waals surface area contributed by atoms with E-state index in [0.29, 0.717) is 32.5 Å². The van der Waals surface area contributed by atoms with E-state index in [9.17, 15) is 9.59 Å². The van der Waals surface area contributed by atoms with Crippen molar-refractivity contribution in [1.82, 2.24) is 9.88 Å². The fraction of sp³-hybridized carbons (Fsp3) is 0.387. The van der Waals surface area contributed by atoms with Crippen molar-refractivity contribution in [2.24, 2.45) is 4.99 Å². The third-order valence-electron chi connectivity index (χ3n) is 6.45. The zero-order chi connectivity index (χ0) is 27.0. The second-order valence-corrected chi connectivity index (χ2v) is 10.5. The minimum Gasteiger partial charge on any atom is -0.464 e. The number of carbonyl (C=O) groups excluding carboxylic acids is 2. The summed E-state index contributed by atoms with van der Waals surface area (Å²) in [6.45, 7) is 7.29. The fourth-order valence-corrected chi connectivity index (χ4v) is 4.88. The van der Waals surface area contributed by atoms with Gasteiger partial charge in [-0.15, -0.1) is 0 Å². The lowest BCUT2D eigenvalue weighted by molar-refractivity contribution is -0.145. The normalized spacial score (nSPS) is 13.5. The number of carbonyl (C=O) groups is 1. The lowest BCUT2D eigenvalue weighted by atomic mass is 9.98. The van der Waals surface area contributed by atoms with Gasteiger partial charge in [0.2, 0.25) is 6.08 Å². The summed E-state index contributed by atoms with van der Waals surface area (Å²) in [6.07, 6.45) is 4.00. The number of nitrogens with zero attached hydrogens (tertiary/aromatic N) is 3. The molecule has 1 aliphatic rings. The Labute approximate surface area is 224 Å². The van der Waals surface area contributed by atoms with Crippen LogP contribution >= 0.6 is 0 Å². The van der Waals surface area contributed by atoms with Gasteiger partial charge in [0.05, 0.1) is 17.8 Å². The molecule has 0 spiro atoms. The third kappa shape index (κ3) is 7.45. The van der Waals surface area contributed by atoms with Crippen molar-refractivity contribution >= 4 is 12.0 Å². The molecular formula is C31H35N3O4. The molecule has 0 N–H and O–H groups in total. The van der Waals surface area contributed by atoms with Crippen molar-refractivity contribution in [3.63, 3.8) is 0 Å². The quantitative estimate of drug-likeness (QED) is 0.181. The van der Waals surface area contributed by atoms with Gasteiger partial charge in [-0.3, -0.25) is 14.7 Å². The highest BCUT2D eigenvalue weighted by molar-refractivity contribution is 5.79. The molecule has 1 aliphatic carbocycles. The van der Waals surface area contributed by atoms with E-state index in [-0.39, 0.29) is 18.4 Å². The topological polar surface area (TPSA) is 81.1 Å². The lowest BCUT2D eigenvalue weighted by Crippen LogP contribution is -2.33. The molecule has 0 bridgehead atoms. The second-order valence-electron chi connectivity index (χ2n) is 10.5. The minimum atomic E-state index is -0.571. The summed E-state index contributed by atoms with van der Waals surface area (Å²) in [7, 11) is 0. The minimum absolute atomic E-state index is 0.0205. The van der Waals surface area contributed by atoms with Crippen molar-refractivity contribution in [3.05, 3.63) is 89.7 Å². The maximum Gasteiger partial charge on any atom is 0.320 e. The van der Waals surface area contributed by atoms with E-state index < -0.39 is 11.8 Å². The monoisotopic (exact) mass is 513 g/mol. The zero-order valence-electron chi connectivity index (χ0n) is 22.3. The molecule has 38 heavy (non-hydrogen) atoms. The van der Waals surface area contributed by atoms with E-state index in [0.717, 1.165) is 5.69 Å². The molecule has 0 radical (unpaired) electrons. The molecule has 2 aromatic carbocycles. The predicted octanol–water partition coefficient (Wildman–Crippen LogP) is 5.50. The summed E-state index contributed by atoms with van der Waals surface area (Å²) in [5, 5.41) is 0. The molecule has 7 heteroatoms.